The number of halogens is 3. The third-order valence-electron chi connectivity index (χ3n) is 3.52. The molecule has 18 heavy (non-hydrogen) atoms. The smallest absolute Gasteiger partial charge is 0.380 e. The lowest BCUT2D eigenvalue weighted by molar-refractivity contribution is -0.137. The first-order valence-electron chi connectivity index (χ1n) is 5.93. The molecule has 0 amide bonds. The molecule has 1 heterocycles. The zero-order chi connectivity index (χ0) is 13.2. The van der Waals surface area contributed by atoms with Crippen LogP contribution in [0.15, 0.2) is 24.3 Å². The van der Waals surface area contributed by atoms with E-state index in [1.54, 1.807) is 6.07 Å². The Kier molecular flexibility index (Phi) is 3.64. The predicted octanol–water partition coefficient (Wildman–Crippen LogP) is 2.71. The molecule has 1 aromatic carbocycles. The van der Waals surface area contributed by atoms with Crippen molar-refractivity contribution in [3.05, 3.63) is 35.4 Å². The van der Waals surface area contributed by atoms with Crippen molar-refractivity contribution in [2.24, 2.45) is 5.73 Å². The first-order chi connectivity index (χ1) is 8.48. The van der Waals surface area contributed by atoms with E-state index in [1.165, 1.54) is 12.1 Å². The molecule has 0 aromatic heterocycles. The van der Waals surface area contributed by atoms with E-state index >= 15 is 0 Å². The van der Waals surface area contributed by atoms with Crippen molar-refractivity contribution in [3.8, 4) is 0 Å². The minimum absolute atomic E-state index is 0.300. The van der Waals surface area contributed by atoms with Gasteiger partial charge in [-0.25, -0.2) is 0 Å². The Morgan fingerprint density at radius 1 is 1.33 bits per heavy atom. The summed E-state index contributed by atoms with van der Waals surface area (Å²) >= 11 is 0. The molecule has 2 nitrogen and oxygen atoms in total. The molecule has 0 aliphatic carbocycles. The zero-order valence-corrected chi connectivity index (χ0v) is 9.96. The summed E-state index contributed by atoms with van der Waals surface area (Å²) in [7, 11) is 0. The van der Waals surface area contributed by atoms with Crippen LogP contribution >= 0.6 is 0 Å². The predicted molar refractivity (Wildman–Crippen MR) is 62.2 cm³/mol. The van der Waals surface area contributed by atoms with E-state index in [0.717, 1.165) is 18.9 Å². The summed E-state index contributed by atoms with van der Waals surface area (Å²) in [5, 5.41) is 0. The lowest BCUT2D eigenvalue weighted by Gasteiger charge is -2.36. The molecule has 5 heteroatoms. The van der Waals surface area contributed by atoms with Gasteiger partial charge in [0.05, 0.1) is 12.2 Å². The summed E-state index contributed by atoms with van der Waals surface area (Å²) in [6.45, 7) is 1.35. The fourth-order valence-electron chi connectivity index (χ4n) is 2.38. The van der Waals surface area contributed by atoms with Gasteiger partial charge < -0.3 is 10.5 Å². The fourth-order valence-corrected chi connectivity index (χ4v) is 2.38. The number of rotatable bonds is 2. The topological polar surface area (TPSA) is 35.2 Å². The number of nitrogens with two attached hydrogens (primary N) is 1. The van der Waals surface area contributed by atoms with Crippen LogP contribution in [-0.4, -0.2) is 19.8 Å². The van der Waals surface area contributed by atoms with Gasteiger partial charge in [-0.05, 0) is 24.5 Å². The highest BCUT2D eigenvalue weighted by molar-refractivity contribution is 5.32. The molecule has 1 aliphatic heterocycles. The maximum Gasteiger partial charge on any atom is 0.416 e. The Balaban J connectivity index is 2.37. The third-order valence-corrected chi connectivity index (χ3v) is 3.52. The van der Waals surface area contributed by atoms with Gasteiger partial charge in [0.25, 0.3) is 0 Å². The lowest BCUT2D eigenvalue weighted by Crippen LogP contribution is -2.42. The monoisotopic (exact) mass is 259 g/mol. The van der Waals surface area contributed by atoms with E-state index in [2.05, 4.69) is 0 Å². The van der Waals surface area contributed by atoms with E-state index in [9.17, 15) is 13.2 Å². The third kappa shape index (κ3) is 2.52. The van der Waals surface area contributed by atoms with Gasteiger partial charge in [0.1, 0.15) is 0 Å². The van der Waals surface area contributed by atoms with Gasteiger partial charge in [-0.1, -0.05) is 18.2 Å². The zero-order valence-electron chi connectivity index (χ0n) is 9.96. The van der Waals surface area contributed by atoms with Crippen LogP contribution in [0.2, 0.25) is 0 Å². The largest absolute Gasteiger partial charge is 0.416 e. The van der Waals surface area contributed by atoms with Crippen LogP contribution in [0.4, 0.5) is 13.2 Å². The number of hydrogen-bond acceptors (Lipinski definition) is 2. The van der Waals surface area contributed by atoms with Gasteiger partial charge in [-0.2, -0.15) is 13.2 Å². The number of ether oxygens (including phenoxy) is 1. The quantitative estimate of drug-likeness (QED) is 0.886. The second-order valence-corrected chi connectivity index (χ2v) is 4.72. The summed E-state index contributed by atoms with van der Waals surface area (Å²) < 4.78 is 43.5. The fraction of sp³-hybridized carbons (Fsp3) is 0.538. The van der Waals surface area contributed by atoms with E-state index in [-0.39, 0.29) is 0 Å². The molecule has 1 saturated heterocycles. The van der Waals surface area contributed by atoms with Gasteiger partial charge in [0.2, 0.25) is 0 Å². The molecule has 1 fully saturated rings. The van der Waals surface area contributed by atoms with E-state index in [1.807, 2.05) is 0 Å². The molecule has 1 aliphatic rings. The molecule has 2 N–H and O–H groups in total. The van der Waals surface area contributed by atoms with Gasteiger partial charge in [-0.15, -0.1) is 0 Å². The summed E-state index contributed by atoms with van der Waals surface area (Å²) in [5.41, 5.74) is 5.29. The van der Waals surface area contributed by atoms with E-state index < -0.39 is 17.2 Å². The van der Waals surface area contributed by atoms with Crippen LogP contribution in [0.5, 0.6) is 0 Å². The Bertz CT molecular complexity index is 411. The molecule has 0 radical (unpaired) electrons. The molecule has 1 atom stereocenters. The van der Waals surface area contributed by atoms with Gasteiger partial charge in [0.15, 0.2) is 0 Å². The number of alkyl halides is 3. The summed E-state index contributed by atoms with van der Waals surface area (Å²) in [6, 6.07) is 5.42. The second kappa shape index (κ2) is 4.90. The van der Waals surface area contributed by atoms with Crippen molar-refractivity contribution >= 4 is 0 Å². The first kappa shape index (κ1) is 13.4. The highest BCUT2D eigenvalue weighted by Gasteiger charge is 2.36. The van der Waals surface area contributed by atoms with Crippen molar-refractivity contribution in [2.45, 2.75) is 24.4 Å². The van der Waals surface area contributed by atoms with Crippen LogP contribution in [0.1, 0.15) is 24.0 Å². The normalized spacial score (nSPS) is 25.1. The highest BCUT2D eigenvalue weighted by atomic mass is 19.4. The van der Waals surface area contributed by atoms with Crippen molar-refractivity contribution in [1.29, 1.82) is 0 Å². The molecule has 1 unspecified atom stereocenters. The van der Waals surface area contributed by atoms with Crippen LogP contribution in [0.3, 0.4) is 0 Å². The molecule has 0 bridgehead atoms. The second-order valence-electron chi connectivity index (χ2n) is 4.72. The maximum atomic E-state index is 12.7. The summed E-state index contributed by atoms with van der Waals surface area (Å²) in [4.78, 5) is 0. The SMILES string of the molecule is NCC1(c2cccc(C(F)(F)F)c2)CCCOC1. The molecule has 0 saturated carbocycles. The number of hydrogen-bond donors (Lipinski definition) is 1. The average molecular weight is 259 g/mol. The Morgan fingerprint density at radius 2 is 2.11 bits per heavy atom. The maximum absolute atomic E-state index is 12.7. The lowest BCUT2D eigenvalue weighted by atomic mass is 9.76. The number of benzene rings is 1. The van der Waals surface area contributed by atoms with Crippen LogP contribution in [0, 0.1) is 0 Å². The van der Waals surface area contributed by atoms with Crippen molar-refractivity contribution < 1.29 is 17.9 Å². The minimum atomic E-state index is -4.32. The standard InChI is InChI=1S/C13H16F3NO/c14-13(15,16)11-4-1-3-10(7-11)12(8-17)5-2-6-18-9-12/h1,3-4,7H,2,5-6,8-9,17H2. The Morgan fingerprint density at radius 3 is 2.67 bits per heavy atom. The van der Waals surface area contributed by atoms with Crippen molar-refractivity contribution in [3.63, 3.8) is 0 Å². The van der Waals surface area contributed by atoms with Crippen LogP contribution in [-0.2, 0) is 16.3 Å². The first-order valence-corrected chi connectivity index (χ1v) is 5.93. The molecule has 2 rings (SSSR count). The summed E-state index contributed by atoms with van der Waals surface area (Å²) in [5.74, 6) is 0. The van der Waals surface area contributed by atoms with Crippen molar-refractivity contribution in [2.75, 3.05) is 19.8 Å². The van der Waals surface area contributed by atoms with Gasteiger partial charge in [-0.3, -0.25) is 0 Å². The average Bonchev–Trinajstić information content (AvgIpc) is 2.39. The molecule has 100 valence electrons. The van der Waals surface area contributed by atoms with E-state index in [4.69, 9.17) is 10.5 Å². The summed E-state index contributed by atoms with van der Waals surface area (Å²) in [6.07, 6.45) is -2.72. The van der Waals surface area contributed by atoms with Crippen molar-refractivity contribution in [1.82, 2.24) is 0 Å². The molecular weight excluding hydrogens is 243 g/mol. The Labute approximate surface area is 104 Å². The molecule has 0 spiro atoms. The van der Waals surface area contributed by atoms with E-state index in [0.29, 0.717) is 25.3 Å². The van der Waals surface area contributed by atoms with Gasteiger partial charge >= 0.3 is 6.18 Å². The molecule has 1 aromatic rings. The van der Waals surface area contributed by atoms with Crippen LogP contribution in [0.25, 0.3) is 0 Å². The Hall–Kier alpha value is -1.07. The minimum Gasteiger partial charge on any atom is -0.380 e. The highest BCUT2D eigenvalue weighted by Crippen LogP contribution is 2.36. The van der Waals surface area contributed by atoms with Gasteiger partial charge in [0, 0.05) is 18.6 Å². The van der Waals surface area contributed by atoms with Crippen LogP contribution < -0.4 is 5.73 Å². The molecular formula is C13H16F3NO.